The third kappa shape index (κ3) is 3.03. The Kier molecular flexibility index (Phi) is 2.91. The Bertz CT molecular complexity index is 226. The molecule has 0 fully saturated rings. The summed E-state index contributed by atoms with van der Waals surface area (Å²) in [4.78, 5) is 0. The molecule has 0 radical (unpaired) electrons. The fourth-order valence-electron chi connectivity index (χ4n) is 0.996. The number of hydrogen-bond donors (Lipinski definition) is 0. The van der Waals surface area contributed by atoms with Crippen molar-refractivity contribution < 1.29 is 0 Å². The van der Waals surface area contributed by atoms with Crippen molar-refractivity contribution in [2.24, 2.45) is 0 Å². The SMILES string of the molecule is C=C(C)CC=CC1=CCC=C1. The average molecular weight is 146 g/mol. The summed E-state index contributed by atoms with van der Waals surface area (Å²) in [6.07, 6.45) is 12.9. The van der Waals surface area contributed by atoms with Gasteiger partial charge in [-0.25, -0.2) is 0 Å². The molecule has 0 unspecified atom stereocenters. The zero-order valence-electron chi connectivity index (χ0n) is 7.01. The van der Waals surface area contributed by atoms with E-state index < -0.39 is 0 Å². The van der Waals surface area contributed by atoms with Gasteiger partial charge < -0.3 is 0 Å². The van der Waals surface area contributed by atoms with Gasteiger partial charge in [-0.05, 0) is 25.3 Å². The highest BCUT2D eigenvalue weighted by Gasteiger charge is 1.90. The molecule has 0 spiro atoms. The van der Waals surface area contributed by atoms with Gasteiger partial charge in [-0.3, -0.25) is 0 Å². The lowest BCUT2D eigenvalue weighted by molar-refractivity contribution is 1.22. The second kappa shape index (κ2) is 3.97. The van der Waals surface area contributed by atoms with E-state index in [9.17, 15) is 0 Å². The van der Waals surface area contributed by atoms with Crippen molar-refractivity contribution in [1.82, 2.24) is 0 Å². The van der Waals surface area contributed by atoms with Gasteiger partial charge in [0.25, 0.3) is 0 Å². The minimum Gasteiger partial charge on any atom is -0.0998 e. The summed E-state index contributed by atoms with van der Waals surface area (Å²) in [5, 5.41) is 0. The van der Waals surface area contributed by atoms with Gasteiger partial charge in [0.2, 0.25) is 0 Å². The van der Waals surface area contributed by atoms with Gasteiger partial charge in [-0.1, -0.05) is 42.5 Å². The molecule has 11 heavy (non-hydrogen) atoms. The predicted octanol–water partition coefficient (Wildman–Crippen LogP) is 3.40. The van der Waals surface area contributed by atoms with Crippen LogP contribution in [0.5, 0.6) is 0 Å². The fourth-order valence-corrected chi connectivity index (χ4v) is 0.996. The Balaban J connectivity index is 2.35. The predicted molar refractivity (Wildman–Crippen MR) is 50.4 cm³/mol. The number of hydrogen-bond acceptors (Lipinski definition) is 0. The molecule has 0 aliphatic heterocycles. The molecule has 0 N–H and O–H groups in total. The molecule has 0 atom stereocenters. The van der Waals surface area contributed by atoms with Crippen molar-refractivity contribution in [2.75, 3.05) is 0 Å². The lowest BCUT2D eigenvalue weighted by Gasteiger charge is -1.89. The maximum Gasteiger partial charge on any atom is -0.0141 e. The number of allylic oxidation sites excluding steroid dienone is 7. The quantitative estimate of drug-likeness (QED) is 0.535. The first-order valence-electron chi connectivity index (χ1n) is 3.96. The van der Waals surface area contributed by atoms with E-state index in [1.165, 1.54) is 11.1 Å². The third-order valence-electron chi connectivity index (χ3n) is 1.58. The smallest absolute Gasteiger partial charge is 0.0141 e. The summed E-state index contributed by atoms with van der Waals surface area (Å²) in [7, 11) is 0. The molecule has 1 aliphatic rings. The van der Waals surface area contributed by atoms with Crippen LogP contribution in [0.25, 0.3) is 0 Å². The standard InChI is InChI=1S/C11H14/c1-10(2)6-5-9-11-7-3-4-8-11/h3,5,7-9H,1,4,6H2,2H3. The summed E-state index contributed by atoms with van der Waals surface area (Å²) in [6.45, 7) is 5.88. The van der Waals surface area contributed by atoms with Crippen LogP contribution >= 0.6 is 0 Å². The van der Waals surface area contributed by atoms with Crippen LogP contribution in [0.3, 0.4) is 0 Å². The number of rotatable bonds is 3. The van der Waals surface area contributed by atoms with E-state index >= 15 is 0 Å². The van der Waals surface area contributed by atoms with Crippen LogP contribution in [0.2, 0.25) is 0 Å². The molecule has 0 saturated heterocycles. The molecule has 0 heteroatoms. The minimum atomic E-state index is 0.991. The van der Waals surface area contributed by atoms with Gasteiger partial charge in [0.05, 0.1) is 0 Å². The Labute approximate surface area is 68.6 Å². The molecule has 0 aromatic heterocycles. The molecule has 0 aromatic carbocycles. The second-order valence-electron chi connectivity index (χ2n) is 2.91. The summed E-state index contributed by atoms with van der Waals surface area (Å²) in [5.74, 6) is 0. The summed E-state index contributed by atoms with van der Waals surface area (Å²) < 4.78 is 0. The molecule has 0 bridgehead atoms. The average Bonchev–Trinajstić information content (AvgIpc) is 2.39. The molecule has 58 valence electrons. The van der Waals surface area contributed by atoms with E-state index in [0.29, 0.717) is 0 Å². The Hall–Kier alpha value is -1.04. The normalized spacial score (nSPS) is 15.9. The highest BCUT2D eigenvalue weighted by molar-refractivity contribution is 5.35. The maximum atomic E-state index is 3.83. The van der Waals surface area contributed by atoms with Gasteiger partial charge in [0.1, 0.15) is 0 Å². The van der Waals surface area contributed by atoms with E-state index in [1.807, 2.05) is 6.92 Å². The van der Waals surface area contributed by atoms with Crippen LogP contribution in [0.4, 0.5) is 0 Å². The highest BCUT2D eigenvalue weighted by Crippen LogP contribution is 2.10. The molecular weight excluding hydrogens is 132 g/mol. The van der Waals surface area contributed by atoms with E-state index in [-0.39, 0.29) is 0 Å². The van der Waals surface area contributed by atoms with Crippen LogP contribution in [0.15, 0.2) is 48.1 Å². The van der Waals surface area contributed by atoms with Crippen molar-refractivity contribution >= 4 is 0 Å². The van der Waals surface area contributed by atoms with E-state index in [4.69, 9.17) is 0 Å². The van der Waals surface area contributed by atoms with Gasteiger partial charge in [0, 0.05) is 0 Å². The first kappa shape index (κ1) is 8.06. The minimum absolute atomic E-state index is 0.991. The summed E-state index contributed by atoms with van der Waals surface area (Å²) >= 11 is 0. The maximum absolute atomic E-state index is 3.83. The fraction of sp³-hybridized carbons (Fsp3) is 0.273. The summed E-state index contributed by atoms with van der Waals surface area (Å²) in [5.41, 5.74) is 2.54. The topological polar surface area (TPSA) is 0 Å². The van der Waals surface area contributed by atoms with E-state index in [1.54, 1.807) is 0 Å². The molecule has 0 aromatic rings. The molecule has 0 nitrogen and oxygen atoms in total. The molecule has 1 rings (SSSR count). The highest BCUT2D eigenvalue weighted by atomic mass is 14.0. The van der Waals surface area contributed by atoms with E-state index in [0.717, 1.165) is 12.8 Å². The Morgan fingerprint density at radius 3 is 3.09 bits per heavy atom. The van der Waals surface area contributed by atoms with Crippen molar-refractivity contribution in [2.45, 2.75) is 19.8 Å². The molecule has 1 aliphatic carbocycles. The van der Waals surface area contributed by atoms with Gasteiger partial charge in [-0.2, -0.15) is 0 Å². The van der Waals surface area contributed by atoms with E-state index in [2.05, 4.69) is 37.0 Å². The molecular formula is C11H14. The van der Waals surface area contributed by atoms with Crippen molar-refractivity contribution in [3.63, 3.8) is 0 Å². The molecule has 0 heterocycles. The van der Waals surface area contributed by atoms with Gasteiger partial charge in [-0.15, -0.1) is 0 Å². The lowest BCUT2D eigenvalue weighted by Crippen LogP contribution is -1.69. The Morgan fingerprint density at radius 2 is 2.55 bits per heavy atom. The zero-order chi connectivity index (χ0) is 8.10. The van der Waals surface area contributed by atoms with Gasteiger partial charge >= 0.3 is 0 Å². The third-order valence-corrected chi connectivity index (χ3v) is 1.58. The van der Waals surface area contributed by atoms with Crippen LogP contribution in [0.1, 0.15) is 19.8 Å². The first-order chi connectivity index (χ1) is 5.29. The van der Waals surface area contributed by atoms with Crippen LogP contribution in [-0.2, 0) is 0 Å². The Morgan fingerprint density at radius 1 is 1.73 bits per heavy atom. The van der Waals surface area contributed by atoms with Gasteiger partial charge in [0.15, 0.2) is 0 Å². The first-order valence-corrected chi connectivity index (χ1v) is 3.96. The largest absolute Gasteiger partial charge is 0.0998 e. The second-order valence-corrected chi connectivity index (χ2v) is 2.91. The van der Waals surface area contributed by atoms with Crippen LogP contribution in [0, 0.1) is 0 Å². The van der Waals surface area contributed by atoms with Crippen molar-refractivity contribution in [3.8, 4) is 0 Å². The van der Waals surface area contributed by atoms with Crippen molar-refractivity contribution in [1.29, 1.82) is 0 Å². The van der Waals surface area contributed by atoms with Crippen molar-refractivity contribution in [3.05, 3.63) is 48.1 Å². The molecule has 0 saturated carbocycles. The summed E-state index contributed by atoms with van der Waals surface area (Å²) in [6, 6.07) is 0. The van der Waals surface area contributed by atoms with Crippen LogP contribution in [-0.4, -0.2) is 0 Å². The zero-order valence-corrected chi connectivity index (χ0v) is 7.01. The lowest BCUT2D eigenvalue weighted by atomic mass is 10.2. The van der Waals surface area contributed by atoms with Crippen LogP contribution < -0.4 is 0 Å². The monoisotopic (exact) mass is 146 g/mol. The molecule has 0 amide bonds.